The van der Waals surface area contributed by atoms with Crippen LogP contribution in [0.2, 0.25) is 0 Å². The molecular weight excluding hydrogens is 256 g/mol. The molecule has 0 spiro atoms. The van der Waals surface area contributed by atoms with Crippen molar-refractivity contribution in [2.45, 2.75) is 25.9 Å². The molecule has 1 atom stereocenters. The number of benzene rings is 1. The maximum Gasteiger partial charge on any atom is 0.222 e. The second kappa shape index (κ2) is 6.13. The van der Waals surface area contributed by atoms with Gasteiger partial charge < -0.3 is 20.4 Å². The molecule has 110 valence electrons. The third kappa shape index (κ3) is 3.04. The van der Waals surface area contributed by atoms with Gasteiger partial charge in [0.2, 0.25) is 5.91 Å². The average Bonchev–Trinajstić information content (AvgIpc) is 2.46. The van der Waals surface area contributed by atoms with E-state index in [4.69, 9.17) is 0 Å². The van der Waals surface area contributed by atoms with E-state index in [1.54, 1.807) is 26.1 Å². The van der Waals surface area contributed by atoms with E-state index in [2.05, 4.69) is 10.2 Å². The molecule has 0 aliphatic carbocycles. The number of aliphatic hydroxyl groups is 1. The van der Waals surface area contributed by atoms with Crippen LogP contribution in [0.1, 0.15) is 31.4 Å². The van der Waals surface area contributed by atoms with Gasteiger partial charge in [-0.1, -0.05) is 6.07 Å². The van der Waals surface area contributed by atoms with Crippen LogP contribution in [0.25, 0.3) is 0 Å². The fourth-order valence-corrected chi connectivity index (χ4v) is 2.69. The molecule has 1 aromatic carbocycles. The SMILES string of the molecule is CNC(=O)C1CCN(c2ccc(C(C)O)c(O)c2)CC1. The third-order valence-electron chi connectivity index (χ3n) is 3.94. The molecule has 1 aromatic rings. The molecule has 0 saturated carbocycles. The number of phenols is 1. The normalized spacial score (nSPS) is 17.9. The first-order valence-electron chi connectivity index (χ1n) is 7.00. The van der Waals surface area contributed by atoms with Gasteiger partial charge in [-0.3, -0.25) is 4.79 Å². The number of aromatic hydroxyl groups is 1. The van der Waals surface area contributed by atoms with E-state index >= 15 is 0 Å². The molecule has 1 fully saturated rings. The van der Waals surface area contributed by atoms with E-state index in [1.165, 1.54) is 0 Å². The highest BCUT2D eigenvalue weighted by Gasteiger charge is 2.24. The van der Waals surface area contributed by atoms with Gasteiger partial charge in [0.1, 0.15) is 5.75 Å². The van der Waals surface area contributed by atoms with Gasteiger partial charge in [-0.05, 0) is 25.8 Å². The number of rotatable bonds is 3. The minimum Gasteiger partial charge on any atom is -0.507 e. The number of nitrogens with one attached hydrogen (secondary N) is 1. The maximum atomic E-state index is 11.6. The predicted molar refractivity (Wildman–Crippen MR) is 77.7 cm³/mol. The number of hydrogen-bond donors (Lipinski definition) is 3. The van der Waals surface area contributed by atoms with Gasteiger partial charge in [0.25, 0.3) is 0 Å². The number of aliphatic hydroxyl groups excluding tert-OH is 1. The van der Waals surface area contributed by atoms with Crippen LogP contribution >= 0.6 is 0 Å². The molecule has 1 saturated heterocycles. The van der Waals surface area contributed by atoms with Crippen molar-refractivity contribution in [3.8, 4) is 5.75 Å². The van der Waals surface area contributed by atoms with Gasteiger partial charge >= 0.3 is 0 Å². The zero-order chi connectivity index (χ0) is 14.7. The lowest BCUT2D eigenvalue weighted by molar-refractivity contribution is -0.125. The Hall–Kier alpha value is -1.75. The van der Waals surface area contributed by atoms with Crippen LogP contribution in [-0.4, -0.2) is 36.3 Å². The van der Waals surface area contributed by atoms with Crippen molar-refractivity contribution >= 4 is 11.6 Å². The highest BCUT2D eigenvalue weighted by atomic mass is 16.3. The third-order valence-corrected chi connectivity index (χ3v) is 3.94. The summed E-state index contributed by atoms with van der Waals surface area (Å²) < 4.78 is 0. The molecule has 1 heterocycles. The largest absolute Gasteiger partial charge is 0.507 e. The number of phenolic OH excluding ortho intramolecular Hbond substituents is 1. The fraction of sp³-hybridized carbons (Fsp3) is 0.533. The Kier molecular flexibility index (Phi) is 4.49. The number of amides is 1. The Morgan fingerprint density at radius 3 is 2.55 bits per heavy atom. The zero-order valence-electron chi connectivity index (χ0n) is 12.0. The molecule has 1 amide bonds. The number of piperidine rings is 1. The first kappa shape index (κ1) is 14.7. The van der Waals surface area contributed by atoms with Gasteiger partial charge in [0.05, 0.1) is 6.10 Å². The van der Waals surface area contributed by atoms with Crippen molar-refractivity contribution in [1.82, 2.24) is 5.32 Å². The van der Waals surface area contributed by atoms with Crippen molar-refractivity contribution in [3.05, 3.63) is 23.8 Å². The van der Waals surface area contributed by atoms with E-state index in [-0.39, 0.29) is 17.6 Å². The van der Waals surface area contributed by atoms with E-state index < -0.39 is 6.10 Å². The van der Waals surface area contributed by atoms with Crippen LogP contribution in [-0.2, 0) is 4.79 Å². The van der Waals surface area contributed by atoms with Gasteiger partial charge in [-0.15, -0.1) is 0 Å². The smallest absolute Gasteiger partial charge is 0.222 e. The Labute approximate surface area is 119 Å². The summed E-state index contributed by atoms with van der Waals surface area (Å²) in [6, 6.07) is 5.34. The Bertz CT molecular complexity index is 480. The first-order valence-corrected chi connectivity index (χ1v) is 7.00. The van der Waals surface area contributed by atoms with Gasteiger partial charge in [-0.25, -0.2) is 0 Å². The molecular formula is C15H22N2O3. The van der Waals surface area contributed by atoms with Crippen LogP contribution < -0.4 is 10.2 Å². The van der Waals surface area contributed by atoms with Crippen molar-refractivity contribution in [1.29, 1.82) is 0 Å². The maximum absolute atomic E-state index is 11.6. The lowest BCUT2D eigenvalue weighted by Gasteiger charge is -2.33. The summed E-state index contributed by atoms with van der Waals surface area (Å²) in [7, 11) is 1.67. The van der Waals surface area contributed by atoms with Gasteiger partial charge in [0.15, 0.2) is 0 Å². The number of hydrogen-bond acceptors (Lipinski definition) is 4. The van der Waals surface area contributed by atoms with E-state index in [0.29, 0.717) is 5.56 Å². The zero-order valence-corrected chi connectivity index (χ0v) is 12.0. The molecule has 5 nitrogen and oxygen atoms in total. The summed E-state index contributed by atoms with van der Waals surface area (Å²) in [5, 5.41) is 22.1. The molecule has 0 radical (unpaired) electrons. The van der Waals surface area contributed by atoms with Crippen molar-refractivity contribution in [2.75, 3.05) is 25.0 Å². The Morgan fingerprint density at radius 1 is 1.40 bits per heavy atom. The van der Waals surface area contributed by atoms with Crippen molar-refractivity contribution in [3.63, 3.8) is 0 Å². The summed E-state index contributed by atoms with van der Waals surface area (Å²) in [6.45, 7) is 3.22. The molecule has 0 aromatic heterocycles. The molecule has 1 aliphatic rings. The second-order valence-electron chi connectivity index (χ2n) is 5.29. The minimum absolute atomic E-state index is 0.0848. The molecule has 20 heavy (non-hydrogen) atoms. The van der Waals surface area contributed by atoms with E-state index in [0.717, 1.165) is 31.6 Å². The predicted octanol–water partition coefficient (Wildman–Crippen LogP) is 1.41. The fourth-order valence-electron chi connectivity index (χ4n) is 2.69. The molecule has 1 aliphatic heterocycles. The minimum atomic E-state index is -0.678. The highest BCUT2D eigenvalue weighted by molar-refractivity contribution is 5.78. The number of carbonyl (C=O) groups is 1. The van der Waals surface area contributed by atoms with E-state index in [1.807, 2.05) is 6.07 Å². The van der Waals surface area contributed by atoms with Gasteiger partial charge in [-0.2, -0.15) is 0 Å². The standard InChI is InChI=1S/C15H22N2O3/c1-10(18)13-4-3-12(9-14(13)19)17-7-5-11(6-8-17)15(20)16-2/h3-4,9-11,18-19H,5-8H2,1-2H3,(H,16,20). The first-order chi connectivity index (χ1) is 9.52. The summed E-state index contributed by atoms with van der Waals surface area (Å²) in [6.07, 6.45) is 0.958. The Balaban J connectivity index is 2.04. The quantitative estimate of drug-likeness (QED) is 0.781. The summed E-state index contributed by atoms with van der Waals surface area (Å²) in [5.74, 6) is 0.310. The van der Waals surface area contributed by atoms with E-state index in [9.17, 15) is 15.0 Å². The summed E-state index contributed by atoms with van der Waals surface area (Å²) in [5.41, 5.74) is 1.47. The average molecular weight is 278 g/mol. The highest BCUT2D eigenvalue weighted by Crippen LogP contribution is 2.31. The molecule has 3 N–H and O–H groups in total. The molecule has 2 rings (SSSR count). The molecule has 0 bridgehead atoms. The Morgan fingerprint density at radius 2 is 2.05 bits per heavy atom. The number of nitrogens with zero attached hydrogens (tertiary/aromatic N) is 1. The van der Waals surface area contributed by atoms with Crippen LogP contribution in [0.5, 0.6) is 5.75 Å². The van der Waals surface area contributed by atoms with Crippen LogP contribution in [0.3, 0.4) is 0 Å². The van der Waals surface area contributed by atoms with Crippen molar-refractivity contribution < 1.29 is 15.0 Å². The summed E-state index contributed by atoms with van der Waals surface area (Å²) >= 11 is 0. The molecule has 5 heteroatoms. The lowest BCUT2D eigenvalue weighted by Crippen LogP contribution is -2.39. The molecule has 1 unspecified atom stereocenters. The summed E-state index contributed by atoms with van der Waals surface area (Å²) in [4.78, 5) is 13.7. The lowest BCUT2D eigenvalue weighted by atomic mass is 9.95. The van der Waals surface area contributed by atoms with Crippen molar-refractivity contribution in [2.24, 2.45) is 5.92 Å². The van der Waals surface area contributed by atoms with Crippen LogP contribution in [0.15, 0.2) is 18.2 Å². The second-order valence-corrected chi connectivity index (χ2v) is 5.29. The van der Waals surface area contributed by atoms with Crippen LogP contribution in [0, 0.1) is 5.92 Å². The topological polar surface area (TPSA) is 72.8 Å². The number of anilines is 1. The number of carbonyl (C=O) groups excluding carboxylic acids is 1. The van der Waals surface area contributed by atoms with Gasteiger partial charge in [0, 0.05) is 43.4 Å². The van der Waals surface area contributed by atoms with Crippen LogP contribution in [0.4, 0.5) is 5.69 Å². The monoisotopic (exact) mass is 278 g/mol.